The SMILES string of the molecule is CCC1(CNC(CC(C)C)c2ccccc2)CCCC1. The smallest absolute Gasteiger partial charge is 0.0322 e. The van der Waals surface area contributed by atoms with Crippen LogP contribution in [0.25, 0.3) is 0 Å². The van der Waals surface area contributed by atoms with Crippen LogP contribution in [-0.2, 0) is 0 Å². The molecule has 0 spiro atoms. The summed E-state index contributed by atoms with van der Waals surface area (Å²) in [5.41, 5.74) is 2.02. The topological polar surface area (TPSA) is 12.0 Å². The van der Waals surface area contributed by atoms with Crippen LogP contribution in [0.15, 0.2) is 30.3 Å². The van der Waals surface area contributed by atoms with E-state index < -0.39 is 0 Å². The van der Waals surface area contributed by atoms with Crippen molar-refractivity contribution in [3.63, 3.8) is 0 Å². The van der Waals surface area contributed by atoms with Crippen LogP contribution in [0, 0.1) is 11.3 Å². The predicted molar refractivity (Wildman–Crippen MR) is 87.8 cm³/mol. The molecule has 0 heterocycles. The summed E-state index contributed by atoms with van der Waals surface area (Å²) < 4.78 is 0. The fourth-order valence-electron chi connectivity index (χ4n) is 3.61. The van der Waals surface area contributed by atoms with E-state index in [1.54, 1.807) is 0 Å². The largest absolute Gasteiger partial charge is 0.309 e. The average molecular weight is 273 g/mol. The van der Waals surface area contributed by atoms with Crippen molar-refractivity contribution in [3.05, 3.63) is 35.9 Å². The van der Waals surface area contributed by atoms with E-state index in [-0.39, 0.29) is 0 Å². The van der Waals surface area contributed by atoms with Crippen molar-refractivity contribution in [3.8, 4) is 0 Å². The Morgan fingerprint density at radius 1 is 1.10 bits per heavy atom. The number of nitrogens with one attached hydrogen (secondary N) is 1. The molecule has 2 rings (SSSR count). The van der Waals surface area contributed by atoms with Gasteiger partial charge in [0.2, 0.25) is 0 Å². The van der Waals surface area contributed by atoms with Crippen LogP contribution in [0.1, 0.15) is 70.9 Å². The number of hydrogen-bond donors (Lipinski definition) is 1. The maximum atomic E-state index is 3.90. The van der Waals surface area contributed by atoms with Gasteiger partial charge in [0, 0.05) is 12.6 Å². The van der Waals surface area contributed by atoms with Crippen LogP contribution in [0.4, 0.5) is 0 Å². The van der Waals surface area contributed by atoms with Crippen molar-refractivity contribution in [2.75, 3.05) is 6.54 Å². The highest BCUT2D eigenvalue weighted by Crippen LogP contribution is 2.40. The van der Waals surface area contributed by atoms with E-state index in [2.05, 4.69) is 56.4 Å². The van der Waals surface area contributed by atoms with Crippen LogP contribution < -0.4 is 5.32 Å². The summed E-state index contributed by atoms with van der Waals surface area (Å²) >= 11 is 0. The zero-order chi connectivity index (χ0) is 14.4. The molecule has 1 atom stereocenters. The summed E-state index contributed by atoms with van der Waals surface area (Å²) in [5.74, 6) is 0.730. The molecule has 1 unspecified atom stereocenters. The molecule has 0 radical (unpaired) electrons. The first-order valence-corrected chi connectivity index (χ1v) is 8.43. The third kappa shape index (κ3) is 4.09. The lowest BCUT2D eigenvalue weighted by Crippen LogP contribution is -2.34. The van der Waals surface area contributed by atoms with E-state index >= 15 is 0 Å². The summed E-state index contributed by atoms with van der Waals surface area (Å²) in [6, 6.07) is 11.5. The van der Waals surface area contributed by atoms with E-state index in [9.17, 15) is 0 Å². The highest BCUT2D eigenvalue weighted by atomic mass is 14.9. The van der Waals surface area contributed by atoms with E-state index in [1.807, 2.05) is 0 Å². The molecule has 0 aliphatic heterocycles. The van der Waals surface area contributed by atoms with Crippen LogP contribution in [0.2, 0.25) is 0 Å². The summed E-state index contributed by atoms with van der Waals surface area (Å²) in [6.45, 7) is 8.20. The summed E-state index contributed by atoms with van der Waals surface area (Å²) in [5, 5.41) is 3.90. The highest BCUT2D eigenvalue weighted by molar-refractivity contribution is 5.19. The Bertz CT molecular complexity index is 376. The van der Waals surface area contributed by atoms with Gasteiger partial charge in [0.1, 0.15) is 0 Å². The first kappa shape index (κ1) is 15.6. The molecule has 20 heavy (non-hydrogen) atoms. The molecule has 0 saturated heterocycles. The minimum absolute atomic E-state index is 0.514. The monoisotopic (exact) mass is 273 g/mol. The number of rotatable bonds is 7. The zero-order valence-electron chi connectivity index (χ0n) is 13.5. The fourth-order valence-corrected chi connectivity index (χ4v) is 3.61. The number of benzene rings is 1. The zero-order valence-corrected chi connectivity index (χ0v) is 13.5. The molecular formula is C19H31N. The third-order valence-corrected chi connectivity index (χ3v) is 5.05. The van der Waals surface area contributed by atoms with Gasteiger partial charge in [-0.2, -0.15) is 0 Å². The lowest BCUT2D eigenvalue weighted by Gasteiger charge is -2.31. The van der Waals surface area contributed by atoms with Gasteiger partial charge in [-0.05, 0) is 42.6 Å². The van der Waals surface area contributed by atoms with Crippen molar-refractivity contribution >= 4 is 0 Å². The normalized spacial score (nSPS) is 19.4. The Morgan fingerprint density at radius 3 is 2.30 bits per heavy atom. The van der Waals surface area contributed by atoms with Crippen molar-refractivity contribution in [1.29, 1.82) is 0 Å². The molecule has 112 valence electrons. The maximum Gasteiger partial charge on any atom is 0.0322 e. The van der Waals surface area contributed by atoms with Crippen LogP contribution in [0.5, 0.6) is 0 Å². The Balaban J connectivity index is 2.01. The van der Waals surface area contributed by atoms with Gasteiger partial charge >= 0.3 is 0 Å². The standard InChI is InChI=1S/C19H31N/c1-4-19(12-8-9-13-19)15-20-18(14-16(2)3)17-10-6-5-7-11-17/h5-7,10-11,16,18,20H,4,8-9,12-15H2,1-3H3. The van der Waals surface area contributed by atoms with Gasteiger partial charge in [0.25, 0.3) is 0 Å². The van der Waals surface area contributed by atoms with E-state index in [4.69, 9.17) is 0 Å². The van der Waals surface area contributed by atoms with Crippen molar-refractivity contribution in [1.82, 2.24) is 5.32 Å². The summed E-state index contributed by atoms with van der Waals surface area (Å²) in [7, 11) is 0. The van der Waals surface area contributed by atoms with Crippen LogP contribution in [0.3, 0.4) is 0 Å². The second kappa shape index (κ2) is 7.26. The minimum atomic E-state index is 0.514. The molecule has 0 amide bonds. The van der Waals surface area contributed by atoms with Crippen molar-refractivity contribution in [2.24, 2.45) is 11.3 Å². The summed E-state index contributed by atoms with van der Waals surface area (Å²) in [6.07, 6.45) is 8.23. The second-order valence-electron chi connectivity index (χ2n) is 7.03. The Labute approximate surface area is 125 Å². The summed E-state index contributed by atoms with van der Waals surface area (Å²) in [4.78, 5) is 0. The predicted octanol–water partition coefficient (Wildman–Crippen LogP) is 5.33. The van der Waals surface area contributed by atoms with E-state index in [0.717, 1.165) is 5.92 Å². The number of hydrogen-bond acceptors (Lipinski definition) is 1. The fraction of sp³-hybridized carbons (Fsp3) is 0.684. The van der Waals surface area contributed by atoms with Crippen LogP contribution >= 0.6 is 0 Å². The molecule has 1 aromatic rings. The van der Waals surface area contributed by atoms with E-state index in [1.165, 1.54) is 50.6 Å². The molecule has 1 nitrogen and oxygen atoms in total. The Hall–Kier alpha value is -0.820. The quantitative estimate of drug-likeness (QED) is 0.707. The molecule has 1 aliphatic rings. The lowest BCUT2D eigenvalue weighted by molar-refractivity contribution is 0.248. The molecule has 1 fully saturated rings. The first-order valence-electron chi connectivity index (χ1n) is 8.43. The molecule has 1 aliphatic carbocycles. The van der Waals surface area contributed by atoms with Crippen molar-refractivity contribution in [2.45, 2.75) is 65.3 Å². The maximum absolute atomic E-state index is 3.90. The van der Waals surface area contributed by atoms with Gasteiger partial charge in [-0.1, -0.05) is 63.9 Å². The second-order valence-corrected chi connectivity index (χ2v) is 7.03. The molecule has 1 N–H and O–H groups in total. The molecular weight excluding hydrogens is 242 g/mol. The minimum Gasteiger partial charge on any atom is -0.309 e. The molecule has 0 aromatic heterocycles. The third-order valence-electron chi connectivity index (χ3n) is 5.05. The van der Waals surface area contributed by atoms with Crippen molar-refractivity contribution < 1.29 is 0 Å². The van der Waals surface area contributed by atoms with E-state index in [0.29, 0.717) is 11.5 Å². The average Bonchev–Trinajstić information content (AvgIpc) is 2.93. The van der Waals surface area contributed by atoms with Gasteiger partial charge in [0.05, 0.1) is 0 Å². The van der Waals surface area contributed by atoms with Gasteiger partial charge in [-0.3, -0.25) is 0 Å². The molecule has 1 aromatic carbocycles. The Morgan fingerprint density at radius 2 is 1.75 bits per heavy atom. The molecule has 1 saturated carbocycles. The first-order chi connectivity index (χ1) is 9.65. The van der Waals surface area contributed by atoms with Gasteiger partial charge in [-0.15, -0.1) is 0 Å². The van der Waals surface area contributed by atoms with Gasteiger partial charge in [-0.25, -0.2) is 0 Å². The molecule has 1 heteroatoms. The molecule has 0 bridgehead atoms. The highest BCUT2D eigenvalue weighted by Gasteiger charge is 2.32. The van der Waals surface area contributed by atoms with Crippen LogP contribution in [-0.4, -0.2) is 6.54 Å². The van der Waals surface area contributed by atoms with Gasteiger partial charge in [0.15, 0.2) is 0 Å². The lowest BCUT2D eigenvalue weighted by atomic mass is 9.82. The van der Waals surface area contributed by atoms with Gasteiger partial charge < -0.3 is 5.32 Å². The Kier molecular flexibility index (Phi) is 5.65.